The maximum atomic E-state index is 11.5. The molecule has 1 aromatic rings. The average molecular weight is 218 g/mol. The summed E-state index contributed by atoms with van der Waals surface area (Å²) >= 11 is 0. The third kappa shape index (κ3) is 3.89. The molecule has 0 aliphatic rings. The van der Waals surface area contributed by atoms with Crippen molar-refractivity contribution in [3.63, 3.8) is 0 Å². The van der Waals surface area contributed by atoms with Crippen molar-refractivity contribution in [1.82, 2.24) is 0 Å². The fraction of sp³-hybridized carbons (Fsp3) is 0.357. The Kier molecular flexibility index (Phi) is 4.77. The average Bonchev–Trinajstić information content (AvgIpc) is 2.29. The van der Waals surface area contributed by atoms with Crippen LogP contribution in [0.3, 0.4) is 0 Å². The van der Waals surface area contributed by atoms with Crippen LogP contribution in [-0.2, 0) is 16.0 Å². The largest absolute Gasteiger partial charge is 0.462 e. The summed E-state index contributed by atoms with van der Waals surface area (Å²) in [6.07, 6.45) is 0.766. The molecule has 1 rings (SSSR count). The van der Waals surface area contributed by atoms with E-state index in [2.05, 4.69) is 0 Å². The monoisotopic (exact) mass is 218 g/mol. The van der Waals surface area contributed by atoms with Gasteiger partial charge in [-0.3, -0.25) is 0 Å². The minimum Gasteiger partial charge on any atom is -0.462 e. The summed E-state index contributed by atoms with van der Waals surface area (Å²) in [5, 5.41) is 0. The lowest BCUT2D eigenvalue weighted by molar-refractivity contribution is -0.138. The molecule has 0 aliphatic carbocycles. The van der Waals surface area contributed by atoms with E-state index in [-0.39, 0.29) is 5.97 Å². The fourth-order valence-electron chi connectivity index (χ4n) is 1.22. The summed E-state index contributed by atoms with van der Waals surface area (Å²) in [6, 6.07) is 10.0. The van der Waals surface area contributed by atoms with Crippen molar-refractivity contribution in [2.45, 2.75) is 27.2 Å². The Bertz CT molecular complexity index is 373. The Morgan fingerprint density at radius 1 is 1.12 bits per heavy atom. The lowest BCUT2D eigenvalue weighted by Gasteiger charge is -2.06. The van der Waals surface area contributed by atoms with Crippen LogP contribution in [0.25, 0.3) is 0 Å². The van der Waals surface area contributed by atoms with E-state index in [4.69, 9.17) is 4.74 Å². The van der Waals surface area contributed by atoms with Gasteiger partial charge in [0.2, 0.25) is 0 Å². The molecule has 0 saturated heterocycles. The molecule has 0 saturated carbocycles. The van der Waals surface area contributed by atoms with Crippen molar-refractivity contribution < 1.29 is 9.53 Å². The van der Waals surface area contributed by atoms with Crippen LogP contribution >= 0.6 is 0 Å². The quantitative estimate of drug-likeness (QED) is 0.573. The number of rotatable bonds is 4. The molecule has 86 valence electrons. The van der Waals surface area contributed by atoms with Crippen molar-refractivity contribution in [1.29, 1.82) is 0 Å². The first kappa shape index (κ1) is 12.5. The molecule has 1 aromatic carbocycles. The minimum absolute atomic E-state index is 0.212. The molecule has 0 amide bonds. The van der Waals surface area contributed by atoms with Gasteiger partial charge in [-0.15, -0.1) is 0 Å². The van der Waals surface area contributed by atoms with Gasteiger partial charge in [0.05, 0.1) is 6.61 Å². The van der Waals surface area contributed by atoms with Gasteiger partial charge >= 0.3 is 5.97 Å². The number of esters is 1. The van der Waals surface area contributed by atoms with Crippen molar-refractivity contribution >= 4 is 5.97 Å². The molecule has 0 fully saturated rings. The lowest BCUT2D eigenvalue weighted by atomic mass is 10.1. The fourth-order valence-corrected chi connectivity index (χ4v) is 1.22. The highest BCUT2D eigenvalue weighted by Crippen LogP contribution is 2.05. The van der Waals surface area contributed by atoms with Crippen molar-refractivity contribution in [2.75, 3.05) is 6.61 Å². The van der Waals surface area contributed by atoms with Crippen LogP contribution in [0.15, 0.2) is 41.5 Å². The number of carbonyl (C=O) groups is 1. The van der Waals surface area contributed by atoms with E-state index >= 15 is 0 Å². The summed E-state index contributed by atoms with van der Waals surface area (Å²) in [5.41, 5.74) is 2.89. The van der Waals surface area contributed by atoms with Gasteiger partial charge in [0.1, 0.15) is 0 Å². The number of hydrogen-bond donors (Lipinski definition) is 0. The highest BCUT2D eigenvalue weighted by molar-refractivity contribution is 5.88. The first-order valence-electron chi connectivity index (χ1n) is 5.46. The van der Waals surface area contributed by atoms with Gasteiger partial charge in [-0.1, -0.05) is 35.9 Å². The van der Waals surface area contributed by atoms with E-state index in [0.717, 1.165) is 12.0 Å². The van der Waals surface area contributed by atoms with Crippen molar-refractivity contribution in [2.24, 2.45) is 0 Å². The Hall–Kier alpha value is -1.57. The van der Waals surface area contributed by atoms with Gasteiger partial charge in [-0.05, 0) is 26.3 Å². The van der Waals surface area contributed by atoms with Gasteiger partial charge in [-0.2, -0.15) is 0 Å². The summed E-state index contributed by atoms with van der Waals surface area (Å²) in [6.45, 7) is 6.05. The summed E-state index contributed by atoms with van der Waals surface area (Å²) in [4.78, 5) is 11.5. The second kappa shape index (κ2) is 6.11. The Morgan fingerprint density at radius 2 is 1.75 bits per heavy atom. The molecule has 0 bridgehead atoms. The first-order valence-corrected chi connectivity index (χ1v) is 5.46. The molecular formula is C14H18O2. The van der Waals surface area contributed by atoms with E-state index in [1.165, 1.54) is 5.56 Å². The Morgan fingerprint density at radius 3 is 2.31 bits per heavy atom. The van der Waals surface area contributed by atoms with Gasteiger partial charge in [0.25, 0.3) is 0 Å². The second-order valence-electron chi connectivity index (χ2n) is 4.00. The Balaban J connectivity index is 2.37. The van der Waals surface area contributed by atoms with Crippen LogP contribution in [0.1, 0.15) is 26.3 Å². The number of benzene rings is 1. The van der Waals surface area contributed by atoms with Gasteiger partial charge in [0, 0.05) is 12.0 Å². The zero-order valence-electron chi connectivity index (χ0n) is 10.1. The number of allylic oxidation sites excluding steroid dienone is 1. The molecule has 0 radical (unpaired) electrons. The highest BCUT2D eigenvalue weighted by Gasteiger charge is 2.06. The topological polar surface area (TPSA) is 26.3 Å². The molecule has 2 nitrogen and oxygen atoms in total. The molecule has 0 aromatic heterocycles. The van der Waals surface area contributed by atoms with Gasteiger partial charge < -0.3 is 4.74 Å². The first-order chi connectivity index (χ1) is 7.61. The van der Waals surface area contributed by atoms with E-state index in [0.29, 0.717) is 12.2 Å². The SMILES string of the molecule is CC(C)=C(C)C(=O)OCCc1ccccc1. The zero-order chi connectivity index (χ0) is 12.0. The summed E-state index contributed by atoms with van der Waals surface area (Å²) < 4.78 is 5.17. The normalized spacial score (nSPS) is 9.69. The van der Waals surface area contributed by atoms with Crippen LogP contribution in [0.5, 0.6) is 0 Å². The zero-order valence-corrected chi connectivity index (χ0v) is 10.1. The molecule has 16 heavy (non-hydrogen) atoms. The minimum atomic E-state index is -0.212. The molecule has 2 heteroatoms. The van der Waals surface area contributed by atoms with Crippen LogP contribution in [0.2, 0.25) is 0 Å². The maximum Gasteiger partial charge on any atom is 0.333 e. The smallest absolute Gasteiger partial charge is 0.333 e. The molecule has 0 N–H and O–H groups in total. The molecule has 0 heterocycles. The molecule has 0 unspecified atom stereocenters. The van der Waals surface area contributed by atoms with E-state index in [9.17, 15) is 4.79 Å². The Labute approximate surface area is 96.9 Å². The van der Waals surface area contributed by atoms with Crippen LogP contribution in [0.4, 0.5) is 0 Å². The second-order valence-corrected chi connectivity index (χ2v) is 4.00. The standard InChI is InChI=1S/C14H18O2/c1-11(2)12(3)14(15)16-10-9-13-7-5-4-6-8-13/h4-8H,9-10H2,1-3H3. The predicted octanol–water partition coefficient (Wildman–Crippen LogP) is 3.13. The lowest BCUT2D eigenvalue weighted by Crippen LogP contribution is -2.09. The molecular weight excluding hydrogens is 200 g/mol. The molecule has 0 aliphatic heterocycles. The third-order valence-electron chi connectivity index (χ3n) is 2.52. The van der Waals surface area contributed by atoms with Crippen LogP contribution in [-0.4, -0.2) is 12.6 Å². The van der Waals surface area contributed by atoms with E-state index < -0.39 is 0 Å². The summed E-state index contributed by atoms with van der Waals surface area (Å²) in [7, 11) is 0. The van der Waals surface area contributed by atoms with E-state index in [1.54, 1.807) is 6.92 Å². The van der Waals surface area contributed by atoms with Crippen molar-refractivity contribution in [3.05, 3.63) is 47.0 Å². The van der Waals surface area contributed by atoms with Gasteiger partial charge in [0.15, 0.2) is 0 Å². The maximum absolute atomic E-state index is 11.5. The van der Waals surface area contributed by atoms with Crippen LogP contribution < -0.4 is 0 Å². The molecule has 0 spiro atoms. The number of ether oxygens (including phenoxy) is 1. The summed E-state index contributed by atoms with van der Waals surface area (Å²) in [5.74, 6) is -0.212. The number of hydrogen-bond acceptors (Lipinski definition) is 2. The number of carbonyl (C=O) groups excluding carboxylic acids is 1. The highest BCUT2D eigenvalue weighted by atomic mass is 16.5. The van der Waals surface area contributed by atoms with Crippen LogP contribution in [0, 0.1) is 0 Å². The van der Waals surface area contributed by atoms with Crippen molar-refractivity contribution in [3.8, 4) is 0 Å². The van der Waals surface area contributed by atoms with Gasteiger partial charge in [-0.25, -0.2) is 4.79 Å². The molecule has 0 atom stereocenters. The third-order valence-corrected chi connectivity index (χ3v) is 2.52. The predicted molar refractivity (Wildman–Crippen MR) is 65.2 cm³/mol. The van der Waals surface area contributed by atoms with E-state index in [1.807, 2.05) is 44.2 Å².